The fourth-order valence-corrected chi connectivity index (χ4v) is 1.55. The van der Waals surface area contributed by atoms with E-state index in [4.69, 9.17) is 5.26 Å². The minimum Gasteiger partial charge on any atom is -0.287 e. The number of aromatic amines is 1. The lowest BCUT2D eigenvalue weighted by Gasteiger charge is -1.98. The molecular formula is C12H14F2N4O. The second-order valence-corrected chi connectivity index (χ2v) is 3.60. The van der Waals surface area contributed by atoms with Gasteiger partial charge in [-0.25, -0.2) is 13.8 Å². The number of H-pyrrole nitrogens is 1. The van der Waals surface area contributed by atoms with E-state index in [2.05, 4.69) is 10.1 Å². The molecule has 0 radical (unpaired) electrons. The molecule has 1 N–H and O–H groups in total. The van der Waals surface area contributed by atoms with E-state index in [0.29, 0.717) is 11.3 Å². The Bertz CT molecular complexity index is 694. The molecule has 0 aliphatic carbocycles. The number of aromatic nitrogens is 3. The first-order valence-corrected chi connectivity index (χ1v) is 5.77. The zero-order valence-corrected chi connectivity index (χ0v) is 11.1. The molecule has 0 amide bonds. The first kappa shape index (κ1) is 14.8. The largest absolute Gasteiger partial charge is 0.287 e. The second kappa shape index (κ2) is 5.61. The van der Waals surface area contributed by atoms with Crippen LogP contribution in [0.2, 0.25) is 0 Å². The third-order valence-electron chi connectivity index (χ3n) is 2.61. The molecule has 0 spiro atoms. The van der Waals surface area contributed by atoms with E-state index >= 15 is 0 Å². The normalized spacial score (nSPS) is 10.2. The minimum atomic E-state index is -2.86. The molecule has 7 heteroatoms. The molecule has 0 bridgehead atoms. The predicted octanol–water partition coefficient (Wildman–Crippen LogP) is 2.47. The molecule has 0 aliphatic rings. The molecule has 0 saturated heterocycles. The van der Waals surface area contributed by atoms with Crippen molar-refractivity contribution in [3.05, 3.63) is 32.9 Å². The highest BCUT2D eigenvalue weighted by Crippen LogP contribution is 2.23. The maximum absolute atomic E-state index is 12.7. The van der Waals surface area contributed by atoms with Gasteiger partial charge in [-0.2, -0.15) is 9.78 Å². The summed E-state index contributed by atoms with van der Waals surface area (Å²) in [5.41, 5.74) is -0.630. The predicted molar refractivity (Wildman–Crippen MR) is 66.3 cm³/mol. The summed E-state index contributed by atoms with van der Waals surface area (Å²) in [6.07, 6.45) is -2.86. The lowest BCUT2D eigenvalue weighted by Crippen LogP contribution is -2.19. The standard InChI is InChI=1S/C10H8F2N4O.C2H6/c1-4-5(2)14-9-6(3-13)7(8(11)12)15-16(9)10(4)17;1-2/h8,15H,1-2H3;1-2H3. The van der Waals surface area contributed by atoms with E-state index < -0.39 is 17.7 Å². The number of alkyl halides is 2. The Kier molecular flexibility index (Phi) is 4.38. The van der Waals surface area contributed by atoms with Crippen LogP contribution in [0.1, 0.15) is 42.8 Å². The van der Waals surface area contributed by atoms with Gasteiger partial charge in [0.25, 0.3) is 12.0 Å². The van der Waals surface area contributed by atoms with Crippen molar-refractivity contribution in [1.82, 2.24) is 14.6 Å². The van der Waals surface area contributed by atoms with Crippen LogP contribution in [0.25, 0.3) is 5.65 Å². The molecule has 102 valence electrons. The molecular weight excluding hydrogens is 254 g/mol. The van der Waals surface area contributed by atoms with Gasteiger partial charge in [0.15, 0.2) is 5.65 Å². The Morgan fingerprint density at radius 1 is 1.37 bits per heavy atom. The lowest BCUT2D eigenvalue weighted by molar-refractivity contribution is 0.145. The van der Waals surface area contributed by atoms with Gasteiger partial charge in [0.05, 0.1) is 0 Å². The number of nitrogens with zero attached hydrogens (tertiary/aromatic N) is 3. The average molecular weight is 268 g/mol. The van der Waals surface area contributed by atoms with Gasteiger partial charge in [0.1, 0.15) is 17.3 Å². The van der Waals surface area contributed by atoms with Crippen LogP contribution < -0.4 is 5.56 Å². The third-order valence-corrected chi connectivity index (χ3v) is 2.61. The van der Waals surface area contributed by atoms with Gasteiger partial charge in [-0.3, -0.25) is 9.89 Å². The van der Waals surface area contributed by atoms with Gasteiger partial charge in [-0.1, -0.05) is 13.8 Å². The zero-order chi connectivity index (χ0) is 14.7. The summed E-state index contributed by atoms with van der Waals surface area (Å²) in [4.78, 5) is 15.8. The van der Waals surface area contributed by atoms with Gasteiger partial charge >= 0.3 is 0 Å². The van der Waals surface area contributed by atoms with Crippen molar-refractivity contribution < 1.29 is 8.78 Å². The van der Waals surface area contributed by atoms with Gasteiger partial charge in [0, 0.05) is 11.3 Å². The van der Waals surface area contributed by atoms with E-state index in [1.807, 2.05) is 13.8 Å². The van der Waals surface area contributed by atoms with E-state index in [1.165, 1.54) is 0 Å². The van der Waals surface area contributed by atoms with Crippen LogP contribution in [-0.2, 0) is 0 Å². The van der Waals surface area contributed by atoms with Gasteiger partial charge < -0.3 is 0 Å². The maximum Gasteiger partial charge on any atom is 0.281 e. The highest BCUT2D eigenvalue weighted by molar-refractivity contribution is 5.58. The molecule has 2 aromatic heterocycles. The number of nitrogens with one attached hydrogen (secondary N) is 1. The maximum atomic E-state index is 12.7. The molecule has 0 aromatic carbocycles. The number of rotatable bonds is 1. The molecule has 0 fully saturated rings. The Morgan fingerprint density at radius 2 is 1.95 bits per heavy atom. The highest BCUT2D eigenvalue weighted by Gasteiger charge is 2.22. The van der Waals surface area contributed by atoms with E-state index in [9.17, 15) is 13.6 Å². The topological polar surface area (TPSA) is 73.9 Å². The van der Waals surface area contributed by atoms with Gasteiger partial charge in [-0.15, -0.1) is 0 Å². The van der Waals surface area contributed by atoms with Crippen molar-refractivity contribution in [3.63, 3.8) is 0 Å². The number of aryl methyl sites for hydroxylation is 1. The number of nitriles is 1. The molecule has 0 atom stereocenters. The molecule has 0 aliphatic heterocycles. The number of fused-ring (bicyclic) bond motifs is 1. The molecule has 2 rings (SSSR count). The van der Waals surface area contributed by atoms with Crippen LogP contribution in [0.15, 0.2) is 4.79 Å². The monoisotopic (exact) mass is 268 g/mol. The van der Waals surface area contributed by atoms with Crippen molar-refractivity contribution >= 4 is 5.65 Å². The van der Waals surface area contributed by atoms with Crippen LogP contribution in [0.4, 0.5) is 8.78 Å². The Hall–Kier alpha value is -2.23. The third kappa shape index (κ3) is 2.34. The smallest absolute Gasteiger partial charge is 0.281 e. The van der Waals surface area contributed by atoms with Crippen molar-refractivity contribution in [3.8, 4) is 6.07 Å². The number of halogens is 2. The first-order valence-electron chi connectivity index (χ1n) is 5.77. The summed E-state index contributed by atoms with van der Waals surface area (Å²) < 4.78 is 26.2. The van der Waals surface area contributed by atoms with Crippen LogP contribution in [0.5, 0.6) is 0 Å². The van der Waals surface area contributed by atoms with E-state index in [1.54, 1.807) is 19.9 Å². The lowest BCUT2D eigenvalue weighted by atomic mass is 10.2. The van der Waals surface area contributed by atoms with Crippen LogP contribution >= 0.6 is 0 Å². The van der Waals surface area contributed by atoms with Crippen LogP contribution in [0, 0.1) is 25.2 Å². The molecule has 19 heavy (non-hydrogen) atoms. The summed E-state index contributed by atoms with van der Waals surface area (Å²) in [6.45, 7) is 7.14. The number of hydrogen-bond donors (Lipinski definition) is 1. The average Bonchev–Trinajstić information content (AvgIpc) is 2.77. The van der Waals surface area contributed by atoms with Crippen molar-refractivity contribution in [2.45, 2.75) is 34.1 Å². The van der Waals surface area contributed by atoms with Crippen LogP contribution in [-0.4, -0.2) is 14.6 Å². The van der Waals surface area contributed by atoms with E-state index in [-0.39, 0.29) is 11.2 Å². The fourth-order valence-electron chi connectivity index (χ4n) is 1.55. The summed E-state index contributed by atoms with van der Waals surface area (Å²) >= 11 is 0. The number of hydrogen-bond acceptors (Lipinski definition) is 3. The van der Waals surface area contributed by atoms with Crippen molar-refractivity contribution in [2.24, 2.45) is 0 Å². The minimum absolute atomic E-state index is 0.0594. The summed E-state index contributed by atoms with van der Waals surface area (Å²) in [7, 11) is 0. The van der Waals surface area contributed by atoms with E-state index in [0.717, 1.165) is 4.52 Å². The Morgan fingerprint density at radius 3 is 2.42 bits per heavy atom. The quantitative estimate of drug-likeness (QED) is 0.863. The van der Waals surface area contributed by atoms with Crippen molar-refractivity contribution in [2.75, 3.05) is 0 Å². The Labute approximate surface area is 108 Å². The molecule has 2 aromatic rings. The first-order chi connectivity index (χ1) is 8.97. The summed E-state index contributed by atoms with van der Waals surface area (Å²) in [5, 5.41) is 11.1. The molecule has 2 heterocycles. The highest BCUT2D eigenvalue weighted by atomic mass is 19.3. The van der Waals surface area contributed by atoms with Gasteiger partial charge in [0.2, 0.25) is 0 Å². The second-order valence-electron chi connectivity index (χ2n) is 3.60. The van der Waals surface area contributed by atoms with Gasteiger partial charge in [-0.05, 0) is 13.8 Å². The SMILES string of the molecule is CC.Cc1nc2c(C#N)c(C(F)F)[nH]n2c(=O)c1C. The molecule has 0 saturated carbocycles. The molecule has 0 unspecified atom stereocenters. The zero-order valence-electron chi connectivity index (χ0n) is 11.1. The van der Waals surface area contributed by atoms with Crippen LogP contribution in [0.3, 0.4) is 0 Å². The summed E-state index contributed by atoms with van der Waals surface area (Å²) in [5.74, 6) is 0. The fraction of sp³-hybridized carbons (Fsp3) is 0.417. The van der Waals surface area contributed by atoms with Crippen molar-refractivity contribution in [1.29, 1.82) is 5.26 Å². The Balaban J connectivity index is 0.000000861. The molecule has 5 nitrogen and oxygen atoms in total. The summed E-state index contributed by atoms with van der Waals surface area (Å²) in [6, 6.07) is 1.64.